The average Bonchev–Trinajstić information content (AvgIpc) is 3.10. The van der Waals surface area contributed by atoms with Crippen LogP contribution >= 0.6 is 11.8 Å². The van der Waals surface area contributed by atoms with E-state index in [1.54, 1.807) is 23.8 Å². The Labute approximate surface area is 177 Å². The molecule has 8 nitrogen and oxygen atoms in total. The van der Waals surface area contributed by atoms with E-state index in [2.05, 4.69) is 20.5 Å². The SMILES string of the molecule is CCC(Sc1nnc2c3ccccc3n(CO)c2n1)C(=O)Nc1ccccc1OC. The Morgan fingerprint density at radius 1 is 1.20 bits per heavy atom. The number of nitrogens with one attached hydrogen (secondary N) is 1. The highest BCUT2D eigenvalue weighted by molar-refractivity contribution is 8.00. The van der Waals surface area contributed by atoms with E-state index < -0.39 is 5.25 Å². The van der Waals surface area contributed by atoms with E-state index in [0.717, 1.165) is 10.9 Å². The van der Waals surface area contributed by atoms with Crippen molar-refractivity contribution in [1.82, 2.24) is 19.7 Å². The molecule has 1 unspecified atom stereocenters. The third kappa shape index (κ3) is 3.69. The molecule has 2 N–H and O–H groups in total. The zero-order valence-electron chi connectivity index (χ0n) is 16.6. The summed E-state index contributed by atoms with van der Waals surface area (Å²) in [6.45, 7) is 1.70. The van der Waals surface area contributed by atoms with E-state index in [1.165, 1.54) is 11.8 Å². The van der Waals surface area contributed by atoms with Crippen LogP contribution in [0.4, 0.5) is 5.69 Å². The van der Waals surface area contributed by atoms with Crippen LogP contribution in [0.1, 0.15) is 13.3 Å². The predicted molar refractivity (Wildman–Crippen MR) is 117 cm³/mol. The van der Waals surface area contributed by atoms with E-state index >= 15 is 0 Å². The Morgan fingerprint density at radius 2 is 1.97 bits per heavy atom. The number of rotatable bonds is 7. The van der Waals surface area contributed by atoms with Gasteiger partial charge in [0.1, 0.15) is 18.0 Å². The van der Waals surface area contributed by atoms with Gasteiger partial charge in [-0.25, -0.2) is 4.98 Å². The highest BCUT2D eigenvalue weighted by Gasteiger charge is 2.22. The summed E-state index contributed by atoms with van der Waals surface area (Å²) in [6, 6.07) is 14.9. The molecule has 30 heavy (non-hydrogen) atoms. The molecule has 4 aromatic rings. The van der Waals surface area contributed by atoms with Crippen molar-refractivity contribution in [3.63, 3.8) is 0 Å². The number of ether oxygens (including phenoxy) is 1. The molecule has 2 aromatic carbocycles. The molecule has 4 rings (SSSR count). The lowest BCUT2D eigenvalue weighted by Gasteiger charge is -2.15. The summed E-state index contributed by atoms with van der Waals surface area (Å²) in [4.78, 5) is 17.4. The summed E-state index contributed by atoms with van der Waals surface area (Å²) in [5.41, 5.74) is 2.60. The van der Waals surface area contributed by atoms with Crippen molar-refractivity contribution < 1.29 is 14.6 Å². The number of amides is 1. The number of aliphatic hydroxyl groups is 1. The van der Waals surface area contributed by atoms with Gasteiger partial charge in [0.2, 0.25) is 11.1 Å². The van der Waals surface area contributed by atoms with Crippen LogP contribution in [0.5, 0.6) is 5.75 Å². The van der Waals surface area contributed by atoms with Crippen LogP contribution < -0.4 is 10.1 Å². The molecule has 0 aliphatic carbocycles. The highest BCUT2D eigenvalue weighted by Crippen LogP contribution is 2.30. The van der Waals surface area contributed by atoms with Gasteiger partial charge in [-0.1, -0.05) is 49.0 Å². The van der Waals surface area contributed by atoms with Gasteiger partial charge in [-0.3, -0.25) is 4.79 Å². The molecule has 1 amide bonds. The van der Waals surface area contributed by atoms with E-state index in [4.69, 9.17) is 4.74 Å². The highest BCUT2D eigenvalue weighted by atomic mass is 32.2. The standard InChI is InChI=1S/C21H21N5O3S/c1-3-17(20(28)22-14-9-5-7-11-16(14)29-2)30-21-23-19-18(24-25-21)13-8-4-6-10-15(13)26(19)12-27/h4-11,17,27H,3,12H2,1-2H3,(H,22,28). The van der Waals surface area contributed by atoms with E-state index in [-0.39, 0.29) is 12.6 Å². The molecule has 2 aromatic heterocycles. The summed E-state index contributed by atoms with van der Waals surface area (Å²) >= 11 is 1.24. The van der Waals surface area contributed by atoms with E-state index in [0.29, 0.717) is 34.2 Å². The van der Waals surface area contributed by atoms with Crippen molar-refractivity contribution in [2.45, 2.75) is 30.5 Å². The number of hydrogen-bond donors (Lipinski definition) is 2. The number of benzene rings is 2. The largest absolute Gasteiger partial charge is 0.495 e. The summed E-state index contributed by atoms with van der Waals surface area (Å²) in [5, 5.41) is 22.1. The van der Waals surface area contributed by atoms with Crippen molar-refractivity contribution in [3.8, 4) is 5.75 Å². The zero-order chi connectivity index (χ0) is 21.1. The number of methoxy groups -OCH3 is 1. The molecule has 9 heteroatoms. The van der Waals surface area contributed by atoms with Crippen LogP contribution in [0.25, 0.3) is 22.1 Å². The lowest BCUT2D eigenvalue weighted by molar-refractivity contribution is -0.115. The fourth-order valence-electron chi connectivity index (χ4n) is 3.29. The van der Waals surface area contributed by atoms with Crippen molar-refractivity contribution >= 4 is 45.4 Å². The van der Waals surface area contributed by atoms with Gasteiger partial charge in [0, 0.05) is 5.39 Å². The maximum Gasteiger partial charge on any atom is 0.238 e. The smallest absolute Gasteiger partial charge is 0.238 e. The second kappa shape index (κ2) is 8.68. The molecule has 0 aliphatic heterocycles. The molecule has 2 heterocycles. The molecule has 0 saturated heterocycles. The van der Waals surface area contributed by atoms with Crippen LogP contribution in [0, 0.1) is 0 Å². The molecule has 0 aliphatic rings. The minimum absolute atomic E-state index is 0.168. The first kappa shape index (κ1) is 20.1. The second-order valence-electron chi connectivity index (χ2n) is 6.56. The Bertz CT molecular complexity index is 1210. The number of para-hydroxylation sites is 3. The van der Waals surface area contributed by atoms with Crippen LogP contribution in [0.15, 0.2) is 53.7 Å². The fraction of sp³-hybridized carbons (Fsp3) is 0.238. The van der Waals surface area contributed by atoms with Gasteiger partial charge in [0.25, 0.3) is 0 Å². The molecular formula is C21H21N5O3S. The van der Waals surface area contributed by atoms with Crippen molar-refractivity contribution in [1.29, 1.82) is 0 Å². The maximum absolute atomic E-state index is 12.8. The summed E-state index contributed by atoms with van der Waals surface area (Å²) in [5.74, 6) is 0.427. The molecule has 1 atom stereocenters. The van der Waals surface area contributed by atoms with Gasteiger partial charge in [-0.05, 0) is 24.6 Å². The Hall–Kier alpha value is -3.17. The van der Waals surface area contributed by atoms with Gasteiger partial charge >= 0.3 is 0 Å². The number of carbonyl (C=O) groups is 1. The second-order valence-corrected chi connectivity index (χ2v) is 7.73. The minimum Gasteiger partial charge on any atom is -0.495 e. The monoisotopic (exact) mass is 423 g/mol. The number of nitrogens with zero attached hydrogens (tertiary/aromatic N) is 4. The van der Waals surface area contributed by atoms with Gasteiger partial charge in [0.05, 0.1) is 23.6 Å². The molecule has 0 radical (unpaired) electrons. The van der Waals surface area contributed by atoms with Crippen molar-refractivity contribution in [2.24, 2.45) is 0 Å². The van der Waals surface area contributed by atoms with Crippen molar-refractivity contribution in [2.75, 3.05) is 12.4 Å². The normalized spacial score (nSPS) is 12.2. The first-order valence-electron chi connectivity index (χ1n) is 9.49. The number of thioether (sulfide) groups is 1. The predicted octanol–water partition coefficient (Wildman–Crippen LogP) is 3.45. The molecular weight excluding hydrogens is 402 g/mol. The molecule has 0 bridgehead atoms. The van der Waals surface area contributed by atoms with Gasteiger partial charge in [0.15, 0.2) is 5.65 Å². The topological polar surface area (TPSA) is 102 Å². The number of anilines is 1. The van der Waals surface area contributed by atoms with Crippen LogP contribution in [-0.2, 0) is 11.5 Å². The summed E-state index contributed by atoms with van der Waals surface area (Å²) in [6.07, 6.45) is 0.579. The number of fused-ring (bicyclic) bond motifs is 3. The quantitative estimate of drug-likeness (QED) is 0.439. The number of aromatic nitrogens is 4. The van der Waals surface area contributed by atoms with Gasteiger partial charge < -0.3 is 19.7 Å². The average molecular weight is 423 g/mol. The fourth-order valence-corrected chi connectivity index (χ4v) is 4.11. The molecule has 0 spiro atoms. The maximum atomic E-state index is 12.8. The van der Waals surface area contributed by atoms with Crippen LogP contribution in [0.3, 0.4) is 0 Å². The Balaban J connectivity index is 1.61. The zero-order valence-corrected chi connectivity index (χ0v) is 17.4. The molecule has 154 valence electrons. The Morgan fingerprint density at radius 3 is 2.73 bits per heavy atom. The summed E-state index contributed by atoms with van der Waals surface area (Å²) in [7, 11) is 1.56. The Kier molecular flexibility index (Phi) is 5.82. The molecule has 0 saturated carbocycles. The third-order valence-electron chi connectivity index (χ3n) is 4.77. The van der Waals surface area contributed by atoms with Crippen molar-refractivity contribution in [3.05, 3.63) is 48.5 Å². The van der Waals surface area contributed by atoms with Crippen LogP contribution in [0.2, 0.25) is 0 Å². The van der Waals surface area contributed by atoms with Gasteiger partial charge in [-0.15, -0.1) is 10.2 Å². The first-order valence-corrected chi connectivity index (χ1v) is 10.4. The summed E-state index contributed by atoms with van der Waals surface area (Å²) < 4.78 is 6.98. The molecule has 0 fully saturated rings. The first-order chi connectivity index (χ1) is 14.7. The van der Waals surface area contributed by atoms with Crippen LogP contribution in [-0.4, -0.2) is 43.1 Å². The van der Waals surface area contributed by atoms with E-state index in [9.17, 15) is 9.90 Å². The lowest BCUT2D eigenvalue weighted by Crippen LogP contribution is -2.25. The number of hydrogen-bond acceptors (Lipinski definition) is 7. The third-order valence-corrected chi connectivity index (χ3v) is 5.99. The minimum atomic E-state index is -0.416. The number of aliphatic hydroxyl groups excluding tert-OH is 1. The lowest BCUT2D eigenvalue weighted by atomic mass is 10.2. The van der Waals surface area contributed by atoms with Gasteiger partial charge in [-0.2, -0.15) is 0 Å². The van der Waals surface area contributed by atoms with E-state index in [1.807, 2.05) is 43.3 Å². The number of carbonyl (C=O) groups excluding carboxylic acids is 1.